The topological polar surface area (TPSA) is 68.0 Å². The van der Waals surface area contributed by atoms with Gasteiger partial charge in [0.25, 0.3) is 0 Å². The molecular formula is C8H11N3O2. The van der Waals surface area contributed by atoms with Crippen molar-refractivity contribution in [2.24, 2.45) is 0 Å². The van der Waals surface area contributed by atoms with Crippen LogP contribution in [0.5, 0.6) is 0 Å². The molecule has 0 fully saturated rings. The number of nitrogens with zero attached hydrogens (tertiary/aromatic N) is 3. The molecule has 2 rings (SSSR count). The number of aromatic nitrogens is 3. The monoisotopic (exact) mass is 181 g/mol. The van der Waals surface area contributed by atoms with Crippen LogP contribution in [-0.2, 0) is 6.54 Å². The fourth-order valence-corrected chi connectivity index (χ4v) is 1.81. The molecule has 0 bridgehead atoms. The van der Waals surface area contributed by atoms with Crippen molar-refractivity contribution in [1.29, 1.82) is 0 Å². The predicted molar refractivity (Wildman–Crippen MR) is 44.6 cm³/mol. The Labute approximate surface area is 75.4 Å². The third kappa shape index (κ3) is 1.20. The molecule has 0 aromatic carbocycles. The van der Waals surface area contributed by atoms with Gasteiger partial charge in [0.2, 0.25) is 0 Å². The summed E-state index contributed by atoms with van der Waals surface area (Å²) in [6, 6.07) is 0. The maximum atomic E-state index is 10.8. The number of hydrogen-bond acceptors (Lipinski definition) is 3. The molecule has 5 heteroatoms. The smallest absolute Gasteiger partial charge is 0.358 e. The first-order valence-electron chi connectivity index (χ1n) is 4.37. The van der Waals surface area contributed by atoms with Gasteiger partial charge in [0, 0.05) is 12.5 Å². The predicted octanol–water partition coefficient (Wildman–Crippen LogP) is 0.874. The molecule has 1 aliphatic heterocycles. The molecule has 1 atom stereocenters. The van der Waals surface area contributed by atoms with Crippen molar-refractivity contribution >= 4 is 5.97 Å². The Morgan fingerprint density at radius 2 is 2.46 bits per heavy atom. The molecule has 0 saturated carbocycles. The maximum absolute atomic E-state index is 10.8. The van der Waals surface area contributed by atoms with Crippen molar-refractivity contribution in [3.05, 3.63) is 11.4 Å². The van der Waals surface area contributed by atoms with Crippen LogP contribution < -0.4 is 0 Å². The number of aryl methyl sites for hydroxylation is 1. The van der Waals surface area contributed by atoms with Crippen LogP contribution in [0.4, 0.5) is 0 Å². The van der Waals surface area contributed by atoms with Gasteiger partial charge < -0.3 is 5.11 Å². The van der Waals surface area contributed by atoms with Gasteiger partial charge in [-0.1, -0.05) is 12.1 Å². The van der Waals surface area contributed by atoms with Gasteiger partial charge in [0.1, 0.15) is 0 Å². The van der Waals surface area contributed by atoms with E-state index in [1.807, 2.05) is 6.92 Å². The summed E-state index contributed by atoms with van der Waals surface area (Å²) in [6.45, 7) is 2.81. The number of carboxylic acids is 1. The molecule has 5 nitrogen and oxygen atoms in total. The lowest BCUT2D eigenvalue weighted by molar-refractivity contribution is 0.0688. The maximum Gasteiger partial charge on any atom is 0.358 e. The van der Waals surface area contributed by atoms with E-state index in [9.17, 15) is 4.79 Å². The molecule has 0 saturated heterocycles. The Morgan fingerprint density at radius 3 is 3.15 bits per heavy atom. The highest BCUT2D eigenvalue weighted by molar-refractivity contribution is 5.86. The first kappa shape index (κ1) is 8.22. The van der Waals surface area contributed by atoms with E-state index in [1.54, 1.807) is 4.68 Å². The van der Waals surface area contributed by atoms with Crippen molar-refractivity contribution in [3.8, 4) is 0 Å². The minimum atomic E-state index is -0.977. The molecule has 13 heavy (non-hydrogen) atoms. The van der Waals surface area contributed by atoms with Crippen molar-refractivity contribution in [1.82, 2.24) is 15.0 Å². The highest BCUT2D eigenvalue weighted by atomic mass is 16.4. The van der Waals surface area contributed by atoms with Crippen molar-refractivity contribution in [2.75, 3.05) is 0 Å². The third-order valence-electron chi connectivity index (χ3n) is 2.45. The molecule has 0 amide bonds. The van der Waals surface area contributed by atoms with Gasteiger partial charge >= 0.3 is 5.97 Å². The summed E-state index contributed by atoms with van der Waals surface area (Å²) in [5.41, 5.74) is 0.894. The van der Waals surface area contributed by atoms with Gasteiger partial charge in [-0.05, 0) is 12.8 Å². The summed E-state index contributed by atoms with van der Waals surface area (Å²) in [4.78, 5) is 10.8. The van der Waals surface area contributed by atoms with E-state index in [4.69, 9.17) is 5.11 Å². The van der Waals surface area contributed by atoms with Crippen molar-refractivity contribution in [2.45, 2.75) is 32.2 Å². The van der Waals surface area contributed by atoms with E-state index in [0.717, 1.165) is 25.1 Å². The Kier molecular flexibility index (Phi) is 1.79. The average molecular weight is 181 g/mol. The summed E-state index contributed by atoms with van der Waals surface area (Å²) in [5.74, 6) is -0.718. The first-order valence-corrected chi connectivity index (χ1v) is 4.37. The van der Waals surface area contributed by atoms with Crippen LogP contribution in [0.15, 0.2) is 0 Å². The molecule has 1 unspecified atom stereocenters. The molecule has 1 aliphatic rings. The second kappa shape index (κ2) is 2.83. The minimum absolute atomic E-state index is 0.118. The Bertz CT molecular complexity index is 345. The zero-order valence-corrected chi connectivity index (χ0v) is 7.40. The highest BCUT2D eigenvalue weighted by Crippen LogP contribution is 2.27. The number of carboxylic acid groups (broad SMARTS) is 1. The zero-order chi connectivity index (χ0) is 9.42. The van der Waals surface area contributed by atoms with E-state index in [2.05, 4.69) is 10.3 Å². The minimum Gasteiger partial charge on any atom is -0.476 e. The number of aromatic carboxylic acids is 1. The second-order valence-electron chi connectivity index (χ2n) is 3.39. The quantitative estimate of drug-likeness (QED) is 0.698. The van der Waals surface area contributed by atoms with Gasteiger partial charge in [-0.15, -0.1) is 5.10 Å². The number of carbonyl (C=O) groups is 1. The van der Waals surface area contributed by atoms with Crippen LogP contribution in [0.25, 0.3) is 0 Å². The Balaban J connectivity index is 2.50. The molecule has 1 aromatic heterocycles. The first-order chi connectivity index (χ1) is 6.20. The molecule has 0 aliphatic carbocycles. The van der Waals surface area contributed by atoms with E-state index in [1.165, 1.54) is 0 Å². The van der Waals surface area contributed by atoms with Crippen LogP contribution >= 0.6 is 0 Å². The number of fused-ring (bicyclic) bond motifs is 1. The van der Waals surface area contributed by atoms with Gasteiger partial charge in [0.05, 0.1) is 5.69 Å². The second-order valence-corrected chi connectivity index (χ2v) is 3.39. The molecule has 0 spiro atoms. The largest absolute Gasteiger partial charge is 0.476 e. The van der Waals surface area contributed by atoms with Gasteiger partial charge in [-0.3, -0.25) is 0 Å². The lowest BCUT2D eigenvalue weighted by Crippen LogP contribution is -2.16. The summed E-state index contributed by atoms with van der Waals surface area (Å²) in [6.07, 6.45) is 2.07. The highest BCUT2D eigenvalue weighted by Gasteiger charge is 2.26. The number of rotatable bonds is 1. The van der Waals surface area contributed by atoms with Crippen LogP contribution in [0.3, 0.4) is 0 Å². The standard InChI is InChI=1S/C8H11N3O2/c1-5-3-2-4-11-7(5)6(8(12)13)9-10-11/h5H,2-4H2,1H3,(H,12,13). The average Bonchev–Trinajstić information content (AvgIpc) is 2.49. The fourth-order valence-electron chi connectivity index (χ4n) is 1.81. The summed E-state index contributed by atoms with van der Waals surface area (Å²) in [5, 5.41) is 16.3. The van der Waals surface area contributed by atoms with E-state index >= 15 is 0 Å². The van der Waals surface area contributed by atoms with Crippen LogP contribution in [0.1, 0.15) is 41.9 Å². The fraction of sp³-hybridized carbons (Fsp3) is 0.625. The van der Waals surface area contributed by atoms with Crippen LogP contribution in [-0.4, -0.2) is 26.1 Å². The Morgan fingerprint density at radius 1 is 1.69 bits per heavy atom. The summed E-state index contributed by atoms with van der Waals surface area (Å²) < 4.78 is 1.71. The lowest BCUT2D eigenvalue weighted by Gasteiger charge is -2.19. The molecule has 0 radical (unpaired) electrons. The van der Waals surface area contributed by atoms with E-state index in [0.29, 0.717) is 0 Å². The van der Waals surface area contributed by atoms with Crippen LogP contribution in [0, 0.1) is 0 Å². The van der Waals surface area contributed by atoms with Gasteiger partial charge in [-0.25, -0.2) is 9.48 Å². The molecular weight excluding hydrogens is 170 g/mol. The Hall–Kier alpha value is -1.39. The van der Waals surface area contributed by atoms with E-state index < -0.39 is 5.97 Å². The van der Waals surface area contributed by atoms with Crippen LogP contribution in [0.2, 0.25) is 0 Å². The number of hydrogen-bond donors (Lipinski definition) is 1. The third-order valence-corrected chi connectivity index (χ3v) is 2.45. The molecule has 70 valence electrons. The summed E-state index contributed by atoms with van der Waals surface area (Å²) in [7, 11) is 0. The van der Waals surface area contributed by atoms with E-state index in [-0.39, 0.29) is 11.6 Å². The van der Waals surface area contributed by atoms with Crippen molar-refractivity contribution < 1.29 is 9.90 Å². The van der Waals surface area contributed by atoms with Gasteiger partial charge in [0.15, 0.2) is 5.69 Å². The SMILES string of the molecule is CC1CCCn2nnc(C(=O)O)c21. The summed E-state index contributed by atoms with van der Waals surface area (Å²) >= 11 is 0. The zero-order valence-electron chi connectivity index (χ0n) is 7.40. The lowest BCUT2D eigenvalue weighted by atomic mass is 9.97. The molecule has 1 aromatic rings. The molecule has 2 heterocycles. The van der Waals surface area contributed by atoms with Gasteiger partial charge in [-0.2, -0.15) is 0 Å². The molecule has 1 N–H and O–H groups in total. The van der Waals surface area contributed by atoms with Crippen molar-refractivity contribution in [3.63, 3.8) is 0 Å². The normalized spacial score (nSPS) is 21.2.